The minimum Gasteiger partial charge on any atom is -0.489 e. The van der Waals surface area contributed by atoms with Gasteiger partial charge in [0.05, 0.1) is 6.54 Å². The SMILES string of the molecule is O=C1CCC(C(=O)N2CCC(Oc3ccccc3)C2)=NN1. The van der Waals surface area contributed by atoms with Gasteiger partial charge in [0, 0.05) is 25.8 Å². The van der Waals surface area contributed by atoms with Gasteiger partial charge >= 0.3 is 0 Å². The molecule has 2 heterocycles. The molecule has 2 aliphatic heterocycles. The lowest BCUT2D eigenvalue weighted by Crippen LogP contribution is -2.39. The van der Waals surface area contributed by atoms with Gasteiger partial charge in [0.2, 0.25) is 5.91 Å². The van der Waals surface area contributed by atoms with E-state index in [1.165, 1.54) is 0 Å². The van der Waals surface area contributed by atoms with Crippen LogP contribution in [-0.2, 0) is 9.59 Å². The summed E-state index contributed by atoms with van der Waals surface area (Å²) in [6.45, 7) is 1.21. The van der Waals surface area contributed by atoms with Gasteiger partial charge in [-0.15, -0.1) is 0 Å². The molecular weight excluding hydrogens is 270 g/mol. The first-order valence-corrected chi connectivity index (χ1v) is 7.09. The number of nitrogens with one attached hydrogen (secondary N) is 1. The van der Waals surface area contributed by atoms with E-state index < -0.39 is 0 Å². The highest BCUT2D eigenvalue weighted by Crippen LogP contribution is 2.18. The molecule has 1 aromatic carbocycles. The quantitative estimate of drug-likeness (QED) is 0.899. The molecule has 0 aliphatic carbocycles. The molecule has 3 rings (SSSR count). The van der Waals surface area contributed by atoms with Gasteiger partial charge in [-0.1, -0.05) is 18.2 Å². The van der Waals surface area contributed by atoms with Gasteiger partial charge in [0.25, 0.3) is 5.91 Å². The molecule has 6 heteroatoms. The van der Waals surface area contributed by atoms with Crippen LogP contribution in [0.3, 0.4) is 0 Å². The molecule has 0 radical (unpaired) electrons. The molecule has 1 fully saturated rings. The van der Waals surface area contributed by atoms with E-state index in [0.717, 1.165) is 12.2 Å². The van der Waals surface area contributed by atoms with Crippen molar-refractivity contribution >= 4 is 17.5 Å². The number of rotatable bonds is 3. The average molecular weight is 287 g/mol. The Hall–Kier alpha value is -2.37. The van der Waals surface area contributed by atoms with Gasteiger partial charge in [0.1, 0.15) is 17.6 Å². The Balaban J connectivity index is 1.57. The number of hydrogen-bond acceptors (Lipinski definition) is 4. The van der Waals surface area contributed by atoms with Crippen molar-refractivity contribution in [3.8, 4) is 5.75 Å². The second-order valence-electron chi connectivity index (χ2n) is 5.19. The van der Waals surface area contributed by atoms with Gasteiger partial charge < -0.3 is 9.64 Å². The molecule has 1 saturated heterocycles. The Kier molecular flexibility index (Phi) is 3.85. The van der Waals surface area contributed by atoms with Crippen LogP contribution in [0, 0.1) is 0 Å². The third-order valence-electron chi connectivity index (χ3n) is 3.63. The molecule has 1 N–H and O–H groups in total. The topological polar surface area (TPSA) is 71.0 Å². The highest BCUT2D eigenvalue weighted by atomic mass is 16.5. The van der Waals surface area contributed by atoms with Crippen LogP contribution < -0.4 is 10.2 Å². The van der Waals surface area contributed by atoms with Crippen LogP contribution in [0.25, 0.3) is 0 Å². The van der Waals surface area contributed by atoms with Crippen LogP contribution in [0.4, 0.5) is 0 Å². The Bertz CT molecular complexity index is 571. The average Bonchev–Trinajstić information content (AvgIpc) is 2.97. The Morgan fingerprint density at radius 1 is 1.29 bits per heavy atom. The second-order valence-corrected chi connectivity index (χ2v) is 5.19. The lowest BCUT2D eigenvalue weighted by atomic mass is 10.1. The predicted octanol–water partition coefficient (Wildman–Crippen LogP) is 0.932. The third kappa shape index (κ3) is 3.21. The minimum absolute atomic E-state index is 0.00938. The van der Waals surface area contributed by atoms with Gasteiger partial charge in [-0.25, -0.2) is 5.43 Å². The molecule has 110 valence electrons. The Morgan fingerprint density at radius 3 is 2.81 bits per heavy atom. The number of likely N-dealkylation sites (tertiary alicyclic amines) is 1. The summed E-state index contributed by atoms with van der Waals surface area (Å²) >= 11 is 0. The van der Waals surface area contributed by atoms with Crippen LogP contribution in [0.1, 0.15) is 19.3 Å². The molecule has 1 aromatic rings. The maximum absolute atomic E-state index is 12.3. The Labute approximate surface area is 122 Å². The Morgan fingerprint density at radius 2 is 2.10 bits per heavy atom. The molecule has 6 nitrogen and oxygen atoms in total. The predicted molar refractivity (Wildman–Crippen MR) is 76.9 cm³/mol. The van der Waals surface area contributed by atoms with E-state index in [2.05, 4.69) is 10.5 Å². The van der Waals surface area contributed by atoms with Crippen molar-refractivity contribution in [3.63, 3.8) is 0 Å². The number of amides is 2. The van der Waals surface area contributed by atoms with Gasteiger partial charge in [-0.2, -0.15) is 5.10 Å². The monoisotopic (exact) mass is 287 g/mol. The van der Waals surface area contributed by atoms with Gasteiger partial charge in [0.15, 0.2) is 0 Å². The van der Waals surface area contributed by atoms with E-state index >= 15 is 0 Å². The van der Waals surface area contributed by atoms with Gasteiger partial charge in [-0.3, -0.25) is 9.59 Å². The van der Waals surface area contributed by atoms with Crippen molar-refractivity contribution in [2.75, 3.05) is 13.1 Å². The first-order valence-electron chi connectivity index (χ1n) is 7.09. The number of hydrogen-bond donors (Lipinski definition) is 1. The first kappa shape index (κ1) is 13.6. The number of ether oxygens (including phenoxy) is 1. The molecule has 1 unspecified atom stereocenters. The molecule has 1 atom stereocenters. The van der Waals surface area contributed by atoms with Gasteiger partial charge in [-0.05, 0) is 12.1 Å². The maximum atomic E-state index is 12.3. The van der Waals surface area contributed by atoms with Crippen molar-refractivity contribution in [3.05, 3.63) is 30.3 Å². The number of benzene rings is 1. The summed E-state index contributed by atoms with van der Waals surface area (Å²) in [5.41, 5.74) is 2.78. The molecule has 2 aliphatic rings. The van der Waals surface area contributed by atoms with Crippen molar-refractivity contribution in [2.24, 2.45) is 5.10 Å². The van der Waals surface area contributed by atoms with E-state index in [0.29, 0.717) is 31.6 Å². The lowest BCUT2D eigenvalue weighted by molar-refractivity contribution is -0.124. The third-order valence-corrected chi connectivity index (χ3v) is 3.63. The zero-order valence-corrected chi connectivity index (χ0v) is 11.6. The van der Waals surface area contributed by atoms with E-state index in [1.807, 2.05) is 30.3 Å². The summed E-state index contributed by atoms with van der Waals surface area (Å²) in [4.78, 5) is 25.1. The summed E-state index contributed by atoms with van der Waals surface area (Å²) in [6.07, 6.45) is 1.55. The number of nitrogens with zero attached hydrogens (tertiary/aromatic N) is 2. The van der Waals surface area contributed by atoms with Crippen molar-refractivity contribution in [1.29, 1.82) is 0 Å². The number of carbonyl (C=O) groups excluding carboxylic acids is 2. The van der Waals surface area contributed by atoms with E-state index in [9.17, 15) is 9.59 Å². The number of hydrazone groups is 1. The normalized spacial score (nSPS) is 21.7. The summed E-state index contributed by atoms with van der Waals surface area (Å²) in [7, 11) is 0. The van der Waals surface area contributed by atoms with E-state index in [4.69, 9.17) is 4.74 Å². The highest BCUT2D eigenvalue weighted by molar-refractivity contribution is 6.39. The molecule has 21 heavy (non-hydrogen) atoms. The van der Waals surface area contributed by atoms with Crippen LogP contribution >= 0.6 is 0 Å². The summed E-state index contributed by atoms with van der Waals surface area (Å²) in [6, 6.07) is 9.60. The summed E-state index contributed by atoms with van der Waals surface area (Å²) in [5.74, 6) is 0.575. The van der Waals surface area contributed by atoms with Crippen molar-refractivity contribution < 1.29 is 14.3 Å². The van der Waals surface area contributed by atoms with Crippen LogP contribution in [0.5, 0.6) is 5.75 Å². The molecule has 0 saturated carbocycles. The fraction of sp³-hybridized carbons (Fsp3) is 0.400. The minimum atomic E-state index is -0.141. The van der Waals surface area contributed by atoms with Crippen LogP contribution in [0.2, 0.25) is 0 Å². The molecule has 0 aromatic heterocycles. The molecule has 0 spiro atoms. The summed E-state index contributed by atoms with van der Waals surface area (Å²) in [5, 5.41) is 3.85. The largest absolute Gasteiger partial charge is 0.489 e. The highest BCUT2D eigenvalue weighted by Gasteiger charge is 2.31. The fourth-order valence-corrected chi connectivity index (χ4v) is 2.51. The molecule has 2 amide bonds. The fourth-order valence-electron chi connectivity index (χ4n) is 2.51. The number of carbonyl (C=O) groups is 2. The smallest absolute Gasteiger partial charge is 0.270 e. The van der Waals surface area contributed by atoms with Crippen LogP contribution in [-0.4, -0.2) is 41.6 Å². The first-order chi connectivity index (χ1) is 10.2. The zero-order chi connectivity index (χ0) is 14.7. The van der Waals surface area contributed by atoms with Crippen molar-refractivity contribution in [1.82, 2.24) is 10.3 Å². The number of para-hydroxylation sites is 1. The standard InChI is InChI=1S/C15H17N3O3/c19-14-7-6-13(16-17-14)15(20)18-9-8-12(10-18)21-11-4-2-1-3-5-11/h1-5,12H,6-10H2,(H,17,19). The van der Waals surface area contributed by atoms with E-state index in [1.54, 1.807) is 4.90 Å². The van der Waals surface area contributed by atoms with Crippen LogP contribution in [0.15, 0.2) is 35.4 Å². The lowest BCUT2D eigenvalue weighted by Gasteiger charge is -2.19. The molecular formula is C15H17N3O3. The molecule has 0 bridgehead atoms. The van der Waals surface area contributed by atoms with E-state index in [-0.39, 0.29) is 17.9 Å². The zero-order valence-electron chi connectivity index (χ0n) is 11.6. The second kappa shape index (κ2) is 5.95. The maximum Gasteiger partial charge on any atom is 0.270 e. The summed E-state index contributed by atoms with van der Waals surface area (Å²) < 4.78 is 5.86. The van der Waals surface area contributed by atoms with Crippen molar-refractivity contribution in [2.45, 2.75) is 25.4 Å².